The van der Waals surface area contributed by atoms with Crippen molar-refractivity contribution in [1.29, 1.82) is 0 Å². The number of hydrogen-bond acceptors (Lipinski definition) is 4. The Labute approximate surface area is 175 Å². The Kier molecular flexibility index (Phi) is 4.42. The molecule has 2 aromatic rings. The molecule has 1 saturated heterocycles. The molecule has 148 valence electrons. The molecule has 2 aromatic carbocycles. The normalized spacial score (nSPS) is 28.9. The maximum Gasteiger partial charge on any atom is 0.231 e. The summed E-state index contributed by atoms with van der Waals surface area (Å²) in [6, 6.07) is 9.96. The van der Waals surface area contributed by atoms with E-state index in [1.165, 1.54) is 12.8 Å². The van der Waals surface area contributed by atoms with Crippen molar-refractivity contribution in [2.24, 2.45) is 5.92 Å². The second-order valence-corrected chi connectivity index (χ2v) is 8.85. The second kappa shape index (κ2) is 6.72. The summed E-state index contributed by atoms with van der Waals surface area (Å²) in [5.74, 6) is 2.68. The van der Waals surface area contributed by atoms with E-state index in [1.54, 1.807) is 0 Å². The molecule has 0 unspecified atom stereocenters. The molecule has 3 atom stereocenters. The van der Waals surface area contributed by atoms with Crippen LogP contribution in [0.25, 0.3) is 0 Å². The van der Waals surface area contributed by atoms with E-state index in [4.69, 9.17) is 37.4 Å². The van der Waals surface area contributed by atoms with Gasteiger partial charge in [0.2, 0.25) is 6.79 Å². The van der Waals surface area contributed by atoms with Gasteiger partial charge >= 0.3 is 0 Å². The van der Waals surface area contributed by atoms with E-state index < -0.39 is 5.72 Å². The van der Waals surface area contributed by atoms with Gasteiger partial charge in [0, 0.05) is 36.6 Å². The third kappa shape index (κ3) is 2.77. The molecular weight excluding hydrogens is 397 g/mol. The molecule has 28 heavy (non-hydrogen) atoms. The average Bonchev–Trinajstić information content (AvgIpc) is 3.35. The number of benzene rings is 2. The van der Waals surface area contributed by atoms with Crippen LogP contribution in [0.4, 0.5) is 0 Å². The van der Waals surface area contributed by atoms with Crippen LogP contribution in [0, 0.1) is 5.92 Å². The summed E-state index contributed by atoms with van der Waals surface area (Å²) in [7, 11) is 0. The van der Waals surface area contributed by atoms with Gasteiger partial charge in [0.15, 0.2) is 17.2 Å². The molecule has 3 heterocycles. The lowest BCUT2D eigenvalue weighted by atomic mass is 9.74. The Balaban J connectivity index is 1.67. The molecule has 0 radical (unpaired) electrons. The standard InChI is InChI=1S/C22H23Cl2NO3/c1-13-21(14-5-6-16(23)17(24)9-14)15-10-19-20(27-12-26-19)11-18(15)28-22(13,2)25-7-3-4-8-25/h5-6,9-11,13,21H,3-4,7-8,12H2,1-2H3/t13-,21+,22+/m1/s1. The van der Waals surface area contributed by atoms with Gasteiger partial charge in [0.25, 0.3) is 0 Å². The number of likely N-dealkylation sites (tertiary alicyclic amines) is 1. The van der Waals surface area contributed by atoms with E-state index in [1.807, 2.05) is 18.2 Å². The van der Waals surface area contributed by atoms with Crippen molar-refractivity contribution in [3.05, 3.63) is 51.5 Å². The van der Waals surface area contributed by atoms with Gasteiger partial charge in [-0.3, -0.25) is 4.90 Å². The fourth-order valence-corrected chi connectivity index (χ4v) is 5.16. The molecule has 3 aliphatic rings. The minimum atomic E-state index is -0.409. The second-order valence-electron chi connectivity index (χ2n) is 8.03. The summed E-state index contributed by atoms with van der Waals surface area (Å²) in [6.45, 7) is 6.82. The van der Waals surface area contributed by atoms with E-state index >= 15 is 0 Å². The maximum atomic E-state index is 6.68. The molecule has 5 rings (SSSR count). The van der Waals surface area contributed by atoms with E-state index in [9.17, 15) is 0 Å². The molecular formula is C22H23Cl2NO3. The van der Waals surface area contributed by atoms with E-state index in [-0.39, 0.29) is 18.6 Å². The van der Waals surface area contributed by atoms with Gasteiger partial charge in [-0.1, -0.05) is 36.2 Å². The molecule has 0 saturated carbocycles. The van der Waals surface area contributed by atoms with Crippen molar-refractivity contribution in [2.75, 3.05) is 19.9 Å². The Morgan fingerprint density at radius 2 is 1.68 bits per heavy atom. The Morgan fingerprint density at radius 3 is 2.39 bits per heavy atom. The third-order valence-electron chi connectivity index (χ3n) is 6.54. The summed E-state index contributed by atoms with van der Waals surface area (Å²) in [5.41, 5.74) is 1.83. The summed E-state index contributed by atoms with van der Waals surface area (Å²) in [4.78, 5) is 2.47. The number of ether oxygens (including phenoxy) is 3. The predicted octanol–water partition coefficient (Wildman–Crippen LogP) is 5.69. The molecule has 0 amide bonds. The highest BCUT2D eigenvalue weighted by Gasteiger charge is 2.49. The Hall–Kier alpha value is -1.62. The maximum absolute atomic E-state index is 6.68. The molecule has 0 N–H and O–H groups in total. The molecule has 0 aromatic heterocycles. The Bertz CT molecular complexity index is 928. The lowest BCUT2D eigenvalue weighted by Crippen LogP contribution is -2.57. The van der Waals surface area contributed by atoms with Crippen LogP contribution in [0.3, 0.4) is 0 Å². The van der Waals surface area contributed by atoms with Crippen LogP contribution in [-0.4, -0.2) is 30.5 Å². The van der Waals surface area contributed by atoms with E-state index in [0.717, 1.165) is 41.5 Å². The topological polar surface area (TPSA) is 30.9 Å². The van der Waals surface area contributed by atoms with Crippen LogP contribution in [0.5, 0.6) is 17.2 Å². The van der Waals surface area contributed by atoms with E-state index in [0.29, 0.717) is 10.0 Å². The lowest BCUT2D eigenvalue weighted by molar-refractivity contribution is -0.114. The van der Waals surface area contributed by atoms with Crippen molar-refractivity contribution in [2.45, 2.75) is 38.3 Å². The van der Waals surface area contributed by atoms with Crippen molar-refractivity contribution < 1.29 is 14.2 Å². The van der Waals surface area contributed by atoms with Crippen molar-refractivity contribution in [3.63, 3.8) is 0 Å². The smallest absolute Gasteiger partial charge is 0.231 e. The highest BCUT2D eigenvalue weighted by atomic mass is 35.5. The lowest BCUT2D eigenvalue weighted by Gasteiger charge is -2.50. The fraction of sp³-hybridized carbons (Fsp3) is 0.455. The summed E-state index contributed by atoms with van der Waals surface area (Å²) in [6.07, 6.45) is 2.41. The molecule has 0 bridgehead atoms. The highest BCUT2D eigenvalue weighted by Crippen LogP contribution is 2.53. The third-order valence-corrected chi connectivity index (χ3v) is 7.28. The number of rotatable bonds is 2. The van der Waals surface area contributed by atoms with Crippen LogP contribution in [-0.2, 0) is 0 Å². The van der Waals surface area contributed by atoms with Gasteiger partial charge in [-0.15, -0.1) is 0 Å². The Morgan fingerprint density at radius 1 is 0.964 bits per heavy atom. The molecule has 0 spiro atoms. The summed E-state index contributed by atoms with van der Waals surface area (Å²) >= 11 is 12.6. The van der Waals surface area contributed by atoms with Crippen molar-refractivity contribution in [3.8, 4) is 17.2 Å². The molecule has 4 nitrogen and oxygen atoms in total. The number of nitrogens with zero attached hydrogens (tertiary/aromatic N) is 1. The first-order chi connectivity index (χ1) is 13.5. The van der Waals surface area contributed by atoms with Crippen LogP contribution in [0.1, 0.15) is 43.7 Å². The summed E-state index contributed by atoms with van der Waals surface area (Å²) < 4.78 is 17.9. The first-order valence-electron chi connectivity index (χ1n) is 9.80. The van der Waals surface area contributed by atoms with Crippen molar-refractivity contribution >= 4 is 23.2 Å². The number of hydrogen-bond donors (Lipinski definition) is 0. The molecule has 6 heteroatoms. The first-order valence-corrected chi connectivity index (χ1v) is 10.6. The molecule has 0 aliphatic carbocycles. The SMILES string of the molecule is C[C@@H]1[C@@H](c2ccc(Cl)c(Cl)c2)c2cc3c(cc2O[C@]1(C)N1CCCC1)OCO3. The predicted molar refractivity (Wildman–Crippen MR) is 110 cm³/mol. The van der Waals surface area contributed by atoms with Gasteiger partial charge in [-0.05, 0) is 43.5 Å². The molecule has 3 aliphatic heterocycles. The monoisotopic (exact) mass is 419 g/mol. The largest absolute Gasteiger partial charge is 0.472 e. The van der Waals surface area contributed by atoms with Gasteiger partial charge in [0.05, 0.1) is 10.0 Å². The highest BCUT2D eigenvalue weighted by molar-refractivity contribution is 6.42. The summed E-state index contributed by atoms with van der Waals surface area (Å²) in [5, 5.41) is 1.14. The van der Waals surface area contributed by atoms with Crippen LogP contribution in [0.15, 0.2) is 30.3 Å². The zero-order valence-electron chi connectivity index (χ0n) is 16.0. The zero-order valence-corrected chi connectivity index (χ0v) is 17.5. The van der Waals surface area contributed by atoms with Gasteiger partial charge in [-0.2, -0.15) is 0 Å². The van der Waals surface area contributed by atoms with Crippen LogP contribution >= 0.6 is 23.2 Å². The average molecular weight is 420 g/mol. The van der Waals surface area contributed by atoms with Crippen molar-refractivity contribution in [1.82, 2.24) is 4.90 Å². The van der Waals surface area contributed by atoms with Crippen LogP contribution in [0.2, 0.25) is 10.0 Å². The van der Waals surface area contributed by atoms with Gasteiger partial charge in [0.1, 0.15) is 5.75 Å². The fourth-order valence-electron chi connectivity index (χ4n) is 4.85. The molecule has 1 fully saturated rings. The quantitative estimate of drug-likeness (QED) is 0.624. The van der Waals surface area contributed by atoms with Gasteiger partial charge < -0.3 is 14.2 Å². The van der Waals surface area contributed by atoms with Crippen LogP contribution < -0.4 is 14.2 Å². The van der Waals surface area contributed by atoms with E-state index in [2.05, 4.69) is 30.9 Å². The minimum absolute atomic E-state index is 0.110. The minimum Gasteiger partial charge on any atom is -0.472 e. The zero-order chi connectivity index (χ0) is 19.5. The number of fused-ring (bicyclic) bond motifs is 2. The first kappa shape index (κ1) is 18.4. The van der Waals surface area contributed by atoms with Gasteiger partial charge in [-0.25, -0.2) is 0 Å². The number of halogens is 2.